The van der Waals surface area contributed by atoms with Crippen LogP contribution in [0, 0.1) is 0 Å². The maximum absolute atomic E-state index is 11.8. The van der Waals surface area contributed by atoms with Gasteiger partial charge in [-0.25, -0.2) is 9.79 Å². The number of ether oxygens (including phenoxy) is 1. The number of nitrogens with zero attached hydrogens (tertiary/aromatic N) is 1. The first-order valence-electron chi connectivity index (χ1n) is 6.06. The van der Waals surface area contributed by atoms with E-state index in [1.165, 1.54) is 0 Å². The van der Waals surface area contributed by atoms with Gasteiger partial charge in [0.05, 0.1) is 0 Å². The summed E-state index contributed by atoms with van der Waals surface area (Å²) in [5, 5.41) is 0.609. The number of cyclic esters (lactones) is 1. The molecule has 0 aromatic heterocycles. The Morgan fingerprint density at radius 1 is 1.05 bits per heavy atom. The van der Waals surface area contributed by atoms with Crippen molar-refractivity contribution in [1.29, 1.82) is 0 Å². The molecule has 3 nitrogen and oxygen atoms in total. The zero-order chi connectivity index (χ0) is 13.9. The van der Waals surface area contributed by atoms with Gasteiger partial charge in [0.1, 0.15) is 0 Å². The van der Waals surface area contributed by atoms with Crippen LogP contribution in [0.1, 0.15) is 11.1 Å². The van der Waals surface area contributed by atoms with Crippen molar-refractivity contribution in [2.75, 3.05) is 0 Å². The van der Waals surface area contributed by atoms with Crippen LogP contribution in [0.4, 0.5) is 0 Å². The van der Waals surface area contributed by atoms with Gasteiger partial charge in [-0.2, -0.15) is 0 Å². The number of hydrogen-bond acceptors (Lipinski definition) is 3. The lowest BCUT2D eigenvalue weighted by Crippen LogP contribution is -2.04. The molecule has 0 fully saturated rings. The second kappa shape index (κ2) is 5.31. The molecular formula is C16H10ClNO2. The number of hydrogen-bond donors (Lipinski definition) is 0. The summed E-state index contributed by atoms with van der Waals surface area (Å²) in [6.45, 7) is 0. The molecule has 0 spiro atoms. The molecule has 0 unspecified atom stereocenters. The number of benzene rings is 2. The lowest BCUT2D eigenvalue weighted by molar-refractivity contribution is -0.129. The summed E-state index contributed by atoms with van der Waals surface area (Å²) in [6.07, 6.45) is 1.66. The third-order valence-electron chi connectivity index (χ3n) is 2.79. The molecule has 1 aliphatic rings. The second-order valence-corrected chi connectivity index (χ2v) is 4.69. The molecule has 0 atom stereocenters. The SMILES string of the molecule is O=C1OC(c2ccccc2)=N/C1=C/c1cccc(Cl)c1. The number of esters is 1. The van der Waals surface area contributed by atoms with Gasteiger partial charge in [-0.1, -0.05) is 41.9 Å². The summed E-state index contributed by atoms with van der Waals surface area (Å²) >= 11 is 5.91. The minimum Gasteiger partial charge on any atom is -0.402 e. The van der Waals surface area contributed by atoms with Crippen LogP contribution in [0.2, 0.25) is 5.02 Å². The molecule has 1 heterocycles. The van der Waals surface area contributed by atoms with Gasteiger partial charge in [-0.05, 0) is 35.9 Å². The Morgan fingerprint density at radius 3 is 2.60 bits per heavy atom. The highest BCUT2D eigenvalue weighted by atomic mass is 35.5. The van der Waals surface area contributed by atoms with Crippen LogP contribution in [0.25, 0.3) is 6.08 Å². The van der Waals surface area contributed by atoms with E-state index in [9.17, 15) is 4.79 Å². The lowest BCUT2D eigenvalue weighted by atomic mass is 10.2. The van der Waals surface area contributed by atoms with Gasteiger partial charge in [0.2, 0.25) is 5.90 Å². The smallest absolute Gasteiger partial charge is 0.363 e. The molecule has 0 saturated carbocycles. The molecule has 0 saturated heterocycles. The normalized spacial score (nSPS) is 16.1. The molecule has 0 aliphatic carbocycles. The summed E-state index contributed by atoms with van der Waals surface area (Å²) in [5.41, 5.74) is 1.85. The highest BCUT2D eigenvalue weighted by Gasteiger charge is 2.23. The first-order valence-corrected chi connectivity index (χ1v) is 6.44. The minimum atomic E-state index is -0.455. The van der Waals surface area contributed by atoms with E-state index in [0.717, 1.165) is 11.1 Å². The Morgan fingerprint density at radius 2 is 1.85 bits per heavy atom. The summed E-state index contributed by atoms with van der Waals surface area (Å²) < 4.78 is 5.17. The predicted molar refractivity (Wildman–Crippen MR) is 78.5 cm³/mol. The van der Waals surface area contributed by atoms with Crippen LogP contribution < -0.4 is 0 Å². The van der Waals surface area contributed by atoms with Gasteiger partial charge in [-0.15, -0.1) is 0 Å². The van der Waals surface area contributed by atoms with E-state index in [0.29, 0.717) is 10.9 Å². The van der Waals surface area contributed by atoms with Crippen LogP contribution in [0.15, 0.2) is 65.3 Å². The van der Waals surface area contributed by atoms with Crippen molar-refractivity contribution in [2.45, 2.75) is 0 Å². The third kappa shape index (κ3) is 2.63. The van der Waals surface area contributed by atoms with Crippen LogP contribution in [0.5, 0.6) is 0 Å². The molecular weight excluding hydrogens is 274 g/mol. The van der Waals surface area contributed by atoms with Crippen LogP contribution in [0.3, 0.4) is 0 Å². The zero-order valence-corrected chi connectivity index (χ0v) is 11.2. The maximum atomic E-state index is 11.8. The van der Waals surface area contributed by atoms with E-state index < -0.39 is 5.97 Å². The average Bonchev–Trinajstić information content (AvgIpc) is 2.81. The second-order valence-electron chi connectivity index (χ2n) is 4.26. The van der Waals surface area contributed by atoms with Crippen molar-refractivity contribution in [3.05, 3.63) is 76.4 Å². The Kier molecular flexibility index (Phi) is 3.35. The van der Waals surface area contributed by atoms with Crippen molar-refractivity contribution in [3.8, 4) is 0 Å². The number of halogens is 1. The van der Waals surface area contributed by atoms with E-state index in [4.69, 9.17) is 16.3 Å². The van der Waals surface area contributed by atoms with Crippen LogP contribution in [-0.4, -0.2) is 11.9 Å². The molecule has 0 amide bonds. The van der Waals surface area contributed by atoms with Gasteiger partial charge in [0.15, 0.2) is 5.70 Å². The van der Waals surface area contributed by atoms with E-state index in [1.807, 2.05) is 42.5 Å². The fraction of sp³-hybridized carbons (Fsp3) is 0. The van der Waals surface area contributed by atoms with Crippen molar-refractivity contribution in [1.82, 2.24) is 0 Å². The molecule has 4 heteroatoms. The molecule has 2 aromatic rings. The number of carbonyl (C=O) groups excluding carboxylic acids is 1. The highest BCUT2D eigenvalue weighted by molar-refractivity contribution is 6.30. The van der Waals surface area contributed by atoms with Gasteiger partial charge < -0.3 is 4.74 Å². The van der Waals surface area contributed by atoms with Crippen LogP contribution >= 0.6 is 11.6 Å². The Hall–Kier alpha value is -2.39. The van der Waals surface area contributed by atoms with Gasteiger partial charge in [0.25, 0.3) is 0 Å². The molecule has 20 heavy (non-hydrogen) atoms. The van der Waals surface area contributed by atoms with Gasteiger partial charge in [0, 0.05) is 10.6 Å². The van der Waals surface area contributed by atoms with Crippen molar-refractivity contribution in [3.63, 3.8) is 0 Å². The molecule has 1 aliphatic heterocycles. The van der Waals surface area contributed by atoms with E-state index in [2.05, 4.69) is 4.99 Å². The Bertz CT molecular complexity index is 720. The first kappa shape index (κ1) is 12.6. The molecule has 0 radical (unpaired) electrons. The van der Waals surface area contributed by atoms with Gasteiger partial charge in [-0.3, -0.25) is 0 Å². The standard InChI is InChI=1S/C16H10ClNO2/c17-13-8-4-5-11(9-13)10-14-16(19)20-15(18-14)12-6-2-1-3-7-12/h1-10H/b14-10+. The van der Waals surface area contributed by atoms with Gasteiger partial charge >= 0.3 is 5.97 Å². The van der Waals surface area contributed by atoms with Crippen molar-refractivity contribution >= 4 is 29.5 Å². The van der Waals surface area contributed by atoms with Crippen LogP contribution in [-0.2, 0) is 9.53 Å². The number of rotatable bonds is 2. The average molecular weight is 284 g/mol. The Labute approximate surface area is 121 Å². The van der Waals surface area contributed by atoms with Crippen molar-refractivity contribution in [2.24, 2.45) is 4.99 Å². The molecule has 2 aromatic carbocycles. The maximum Gasteiger partial charge on any atom is 0.363 e. The summed E-state index contributed by atoms with van der Waals surface area (Å²) in [5.74, 6) is -0.132. The topological polar surface area (TPSA) is 38.7 Å². The molecule has 0 bridgehead atoms. The fourth-order valence-electron chi connectivity index (χ4n) is 1.87. The number of carbonyl (C=O) groups is 1. The van der Waals surface area contributed by atoms with Crippen molar-refractivity contribution < 1.29 is 9.53 Å². The third-order valence-corrected chi connectivity index (χ3v) is 3.03. The highest BCUT2D eigenvalue weighted by Crippen LogP contribution is 2.20. The zero-order valence-electron chi connectivity index (χ0n) is 10.4. The quantitative estimate of drug-likeness (QED) is 0.623. The summed E-state index contributed by atoms with van der Waals surface area (Å²) in [7, 11) is 0. The predicted octanol–water partition coefficient (Wildman–Crippen LogP) is 3.68. The minimum absolute atomic E-state index is 0.270. The molecule has 3 rings (SSSR count). The Balaban J connectivity index is 1.95. The summed E-state index contributed by atoms with van der Waals surface area (Å²) in [4.78, 5) is 16.0. The fourth-order valence-corrected chi connectivity index (χ4v) is 2.07. The van der Waals surface area contributed by atoms with E-state index >= 15 is 0 Å². The van der Waals surface area contributed by atoms with E-state index in [-0.39, 0.29) is 5.70 Å². The molecule has 98 valence electrons. The molecule has 0 N–H and O–H groups in total. The lowest BCUT2D eigenvalue weighted by Gasteiger charge is -1.97. The largest absolute Gasteiger partial charge is 0.402 e. The first-order chi connectivity index (χ1) is 9.72. The monoisotopic (exact) mass is 283 g/mol. The van der Waals surface area contributed by atoms with E-state index in [1.54, 1.807) is 18.2 Å². The number of aliphatic imine (C=N–C) groups is 1. The summed E-state index contributed by atoms with van der Waals surface area (Å²) in [6, 6.07) is 16.5.